The molecule has 1 heterocycles. The quantitative estimate of drug-likeness (QED) is 0.357. The van der Waals surface area contributed by atoms with Crippen LogP contribution in [0.2, 0.25) is 0 Å². The molecular weight excluding hydrogens is 336 g/mol. The third kappa shape index (κ3) is 5.25. The smallest absolute Gasteiger partial charge is 0.190 e. The molecule has 1 fully saturated rings. The number of aromatic nitrogens is 1. The molecular formula is C22H34N4O. The number of hydrogen-bond acceptors (Lipinski definition) is 2. The van der Waals surface area contributed by atoms with E-state index in [4.69, 9.17) is 4.74 Å². The Labute approximate surface area is 163 Å². The van der Waals surface area contributed by atoms with Gasteiger partial charge >= 0.3 is 0 Å². The molecule has 0 radical (unpaired) electrons. The zero-order valence-corrected chi connectivity index (χ0v) is 16.8. The molecule has 0 spiro atoms. The summed E-state index contributed by atoms with van der Waals surface area (Å²) in [5, 5.41) is 8.37. The van der Waals surface area contributed by atoms with Crippen LogP contribution in [0.25, 0.3) is 10.9 Å². The van der Waals surface area contributed by atoms with E-state index >= 15 is 0 Å². The van der Waals surface area contributed by atoms with Crippen molar-refractivity contribution >= 4 is 16.9 Å². The number of H-pyrrole nitrogens is 1. The summed E-state index contributed by atoms with van der Waals surface area (Å²) in [7, 11) is 3.65. The standard InChI is InChI=1S/C22H34N4O/c1-23-21(26-17-22(13-15-27-2)11-5-6-12-22)24-14-7-8-18-16-25-20-10-4-3-9-19(18)20/h3-4,9-10,16,25H,5-8,11-15,17H2,1-2H3,(H2,23,24,26). The van der Waals surface area contributed by atoms with Crippen LogP contribution in [0.4, 0.5) is 0 Å². The highest BCUT2D eigenvalue weighted by Crippen LogP contribution is 2.40. The summed E-state index contributed by atoms with van der Waals surface area (Å²) in [6.45, 7) is 2.75. The van der Waals surface area contributed by atoms with Gasteiger partial charge in [0.25, 0.3) is 0 Å². The normalized spacial score (nSPS) is 16.7. The topological polar surface area (TPSA) is 61.4 Å². The molecule has 0 saturated heterocycles. The van der Waals surface area contributed by atoms with Crippen molar-refractivity contribution < 1.29 is 4.74 Å². The van der Waals surface area contributed by atoms with Crippen LogP contribution in [0.5, 0.6) is 0 Å². The minimum Gasteiger partial charge on any atom is -0.385 e. The van der Waals surface area contributed by atoms with Crippen LogP contribution in [-0.2, 0) is 11.2 Å². The van der Waals surface area contributed by atoms with Gasteiger partial charge in [-0.1, -0.05) is 31.0 Å². The van der Waals surface area contributed by atoms with E-state index < -0.39 is 0 Å². The molecule has 3 N–H and O–H groups in total. The van der Waals surface area contributed by atoms with Gasteiger partial charge in [0.15, 0.2) is 5.96 Å². The molecule has 0 unspecified atom stereocenters. The predicted molar refractivity (Wildman–Crippen MR) is 113 cm³/mol. The van der Waals surface area contributed by atoms with Crippen molar-refractivity contribution in [2.24, 2.45) is 10.4 Å². The molecule has 148 valence electrons. The Bertz CT molecular complexity index is 731. The Morgan fingerprint density at radius 3 is 2.81 bits per heavy atom. The van der Waals surface area contributed by atoms with Gasteiger partial charge in [-0.25, -0.2) is 0 Å². The minimum atomic E-state index is 0.373. The van der Waals surface area contributed by atoms with E-state index in [0.29, 0.717) is 5.41 Å². The maximum absolute atomic E-state index is 5.33. The lowest BCUT2D eigenvalue weighted by Gasteiger charge is -2.30. The zero-order valence-electron chi connectivity index (χ0n) is 16.8. The fraction of sp³-hybridized carbons (Fsp3) is 0.591. The summed E-state index contributed by atoms with van der Waals surface area (Å²) < 4.78 is 5.33. The van der Waals surface area contributed by atoms with Crippen molar-refractivity contribution in [1.82, 2.24) is 15.6 Å². The summed E-state index contributed by atoms with van der Waals surface area (Å²) in [4.78, 5) is 7.76. The molecule has 1 aromatic carbocycles. The van der Waals surface area contributed by atoms with Crippen molar-refractivity contribution in [3.05, 3.63) is 36.0 Å². The second-order valence-corrected chi connectivity index (χ2v) is 7.77. The number of aryl methyl sites for hydroxylation is 1. The lowest BCUT2D eigenvalue weighted by molar-refractivity contribution is 0.138. The molecule has 0 atom stereocenters. The predicted octanol–water partition coefficient (Wildman–Crippen LogP) is 3.86. The first-order valence-electron chi connectivity index (χ1n) is 10.2. The van der Waals surface area contributed by atoms with Crippen LogP contribution in [0.3, 0.4) is 0 Å². The van der Waals surface area contributed by atoms with Gasteiger partial charge in [-0.2, -0.15) is 0 Å². The van der Waals surface area contributed by atoms with Crippen molar-refractivity contribution in [2.75, 3.05) is 33.9 Å². The summed E-state index contributed by atoms with van der Waals surface area (Å²) >= 11 is 0. The van der Waals surface area contributed by atoms with E-state index in [1.54, 1.807) is 7.11 Å². The molecule has 3 rings (SSSR count). The van der Waals surface area contributed by atoms with Crippen molar-refractivity contribution in [2.45, 2.75) is 44.9 Å². The first kappa shape index (κ1) is 19.7. The van der Waals surface area contributed by atoms with Gasteiger partial charge in [0, 0.05) is 51.0 Å². The molecule has 0 aliphatic heterocycles. The molecule has 1 saturated carbocycles. The SMILES string of the molecule is CN=C(NCCCc1c[nH]c2ccccc12)NCC1(CCOC)CCCC1. The lowest BCUT2D eigenvalue weighted by atomic mass is 9.83. The maximum Gasteiger partial charge on any atom is 0.190 e. The van der Waals surface area contributed by atoms with Gasteiger partial charge in [-0.05, 0) is 49.1 Å². The Hall–Kier alpha value is -2.01. The van der Waals surface area contributed by atoms with Crippen LogP contribution in [0.15, 0.2) is 35.5 Å². The van der Waals surface area contributed by atoms with E-state index in [1.165, 1.54) is 42.1 Å². The van der Waals surface area contributed by atoms with Crippen LogP contribution in [0, 0.1) is 5.41 Å². The molecule has 1 aliphatic rings. The number of guanidine groups is 1. The van der Waals surface area contributed by atoms with Gasteiger partial charge in [-0.15, -0.1) is 0 Å². The number of nitrogens with zero attached hydrogens (tertiary/aromatic N) is 1. The summed E-state index contributed by atoms with van der Waals surface area (Å²) in [6.07, 6.45) is 10.7. The van der Waals surface area contributed by atoms with Gasteiger partial charge in [0.05, 0.1) is 0 Å². The second kappa shape index (κ2) is 9.79. The highest BCUT2D eigenvalue weighted by Gasteiger charge is 2.33. The lowest BCUT2D eigenvalue weighted by Crippen LogP contribution is -2.43. The fourth-order valence-corrected chi connectivity index (χ4v) is 4.27. The number of aromatic amines is 1. The van der Waals surface area contributed by atoms with Gasteiger partial charge in [-0.3, -0.25) is 4.99 Å². The van der Waals surface area contributed by atoms with Gasteiger partial charge in [0.2, 0.25) is 0 Å². The number of aliphatic imine (C=N–C) groups is 1. The third-order valence-corrected chi connectivity index (χ3v) is 5.95. The Balaban J connectivity index is 1.42. The number of ether oxygens (including phenoxy) is 1. The second-order valence-electron chi connectivity index (χ2n) is 7.77. The molecule has 5 nitrogen and oxygen atoms in total. The number of fused-ring (bicyclic) bond motifs is 1. The van der Waals surface area contributed by atoms with Gasteiger partial charge < -0.3 is 20.4 Å². The fourth-order valence-electron chi connectivity index (χ4n) is 4.27. The number of rotatable bonds is 9. The minimum absolute atomic E-state index is 0.373. The van der Waals surface area contributed by atoms with Crippen molar-refractivity contribution in [1.29, 1.82) is 0 Å². The average molecular weight is 371 g/mol. The first-order chi connectivity index (χ1) is 13.3. The largest absolute Gasteiger partial charge is 0.385 e. The van der Waals surface area contributed by atoms with Crippen LogP contribution in [0.1, 0.15) is 44.1 Å². The van der Waals surface area contributed by atoms with Crippen LogP contribution in [-0.4, -0.2) is 44.8 Å². The Morgan fingerprint density at radius 1 is 1.22 bits per heavy atom. The van der Waals surface area contributed by atoms with Gasteiger partial charge in [0.1, 0.15) is 0 Å². The molecule has 0 amide bonds. The number of hydrogen-bond donors (Lipinski definition) is 3. The number of methoxy groups -OCH3 is 1. The summed E-state index contributed by atoms with van der Waals surface area (Å²) in [6, 6.07) is 8.50. The van der Waals surface area contributed by atoms with E-state index in [1.807, 2.05) is 7.05 Å². The monoisotopic (exact) mass is 370 g/mol. The molecule has 5 heteroatoms. The number of para-hydroxylation sites is 1. The Kier molecular flexibility index (Phi) is 7.16. The number of nitrogens with one attached hydrogen (secondary N) is 3. The zero-order chi connectivity index (χ0) is 19.0. The summed E-state index contributed by atoms with van der Waals surface area (Å²) in [5.74, 6) is 0.914. The highest BCUT2D eigenvalue weighted by molar-refractivity contribution is 5.83. The average Bonchev–Trinajstić information content (AvgIpc) is 3.34. The van der Waals surface area contributed by atoms with E-state index in [0.717, 1.165) is 44.9 Å². The first-order valence-corrected chi connectivity index (χ1v) is 10.2. The molecule has 2 aromatic rings. The molecule has 1 aromatic heterocycles. The number of benzene rings is 1. The summed E-state index contributed by atoms with van der Waals surface area (Å²) in [5.41, 5.74) is 2.98. The third-order valence-electron chi connectivity index (χ3n) is 5.95. The van der Waals surface area contributed by atoms with Crippen LogP contribution < -0.4 is 10.6 Å². The van der Waals surface area contributed by atoms with E-state index in [9.17, 15) is 0 Å². The Morgan fingerprint density at radius 2 is 2.04 bits per heavy atom. The van der Waals surface area contributed by atoms with E-state index in [2.05, 4.69) is 51.1 Å². The molecule has 27 heavy (non-hydrogen) atoms. The molecule has 0 bridgehead atoms. The van der Waals surface area contributed by atoms with Crippen LogP contribution >= 0.6 is 0 Å². The molecule has 1 aliphatic carbocycles. The van der Waals surface area contributed by atoms with Crippen molar-refractivity contribution in [3.63, 3.8) is 0 Å². The highest BCUT2D eigenvalue weighted by atomic mass is 16.5. The maximum atomic E-state index is 5.33. The van der Waals surface area contributed by atoms with Crippen molar-refractivity contribution in [3.8, 4) is 0 Å². The van der Waals surface area contributed by atoms with E-state index in [-0.39, 0.29) is 0 Å².